The molecule has 2 aliphatic heterocycles. The zero-order chi connectivity index (χ0) is 18.1. The number of esters is 3. The third-order valence-corrected chi connectivity index (χ3v) is 3.46. The summed E-state index contributed by atoms with van der Waals surface area (Å²) in [5, 5.41) is 0. The van der Waals surface area contributed by atoms with E-state index in [1.807, 2.05) is 0 Å². The molecule has 0 bridgehead atoms. The molecule has 24 heavy (non-hydrogen) atoms. The quantitative estimate of drug-likeness (QED) is 0.513. The van der Waals surface area contributed by atoms with Crippen molar-refractivity contribution in [1.82, 2.24) is 0 Å². The van der Waals surface area contributed by atoms with Crippen LogP contribution >= 0.6 is 0 Å². The molecule has 0 spiro atoms. The molecule has 0 aromatic heterocycles. The summed E-state index contributed by atoms with van der Waals surface area (Å²) < 4.78 is 32.5. The summed E-state index contributed by atoms with van der Waals surface area (Å²) in [6.45, 7) is 6.87. The lowest BCUT2D eigenvalue weighted by molar-refractivity contribution is -0.234. The molecule has 0 aromatic rings. The van der Waals surface area contributed by atoms with Crippen molar-refractivity contribution in [3.63, 3.8) is 0 Å². The van der Waals surface area contributed by atoms with Gasteiger partial charge in [0.1, 0.15) is 12.7 Å². The predicted molar refractivity (Wildman–Crippen MR) is 76.4 cm³/mol. The van der Waals surface area contributed by atoms with E-state index in [9.17, 15) is 14.4 Å². The zero-order valence-electron chi connectivity index (χ0n) is 14.3. The number of hydrogen-bond acceptors (Lipinski definition) is 9. The van der Waals surface area contributed by atoms with E-state index in [0.717, 1.165) is 0 Å². The molecule has 2 fully saturated rings. The molecule has 2 saturated heterocycles. The van der Waals surface area contributed by atoms with Gasteiger partial charge in [-0.2, -0.15) is 0 Å². The summed E-state index contributed by atoms with van der Waals surface area (Å²) in [6, 6.07) is 0. The third-order valence-electron chi connectivity index (χ3n) is 3.46. The molecule has 2 aliphatic rings. The minimum Gasteiger partial charge on any atom is -0.462 e. The maximum absolute atomic E-state index is 11.4. The summed E-state index contributed by atoms with van der Waals surface area (Å²) in [4.78, 5) is 33.8. The number of ether oxygens (including phenoxy) is 6. The van der Waals surface area contributed by atoms with Crippen LogP contribution in [0.5, 0.6) is 0 Å². The zero-order valence-corrected chi connectivity index (χ0v) is 14.3. The fourth-order valence-corrected chi connectivity index (χ4v) is 2.74. The first-order valence-corrected chi connectivity index (χ1v) is 7.58. The van der Waals surface area contributed by atoms with Crippen LogP contribution in [0.1, 0.15) is 34.6 Å². The van der Waals surface area contributed by atoms with Gasteiger partial charge in [-0.3, -0.25) is 14.4 Å². The molecular formula is C15H22O9. The normalized spacial score (nSPS) is 31.9. The van der Waals surface area contributed by atoms with Crippen molar-refractivity contribution >= 4 is 17.9 Å². The van der Waals surface area contributed by atoms with Crippen molar-refractivity contribution < 1.29 is 42.8 Å². The number of rotatable bonds is 5. The average molecular weight is 346 g/mol. The fourth-order valence-electron chi connectivity index (χ4n) is 2.74. The molecule has 5 atom stereocenters. The van der Waals surface area contributed by atoms with E-state index in [-0.39, 0.29) is 6.61 Å². The van der Waals surface area contributed by atoms with Gasteiger partial charge in [0.2, 0.25) is 0 Å². The van der Waals surface area contributed by atoms with Gasteiger partial charge in [-0.05, 0) is 13.8 Å². The molecule has 9 heteroatoms. The van der Waals surface area contributed by atoms with Crippen LogP contribution in [0.3, 0.4) is 0 Å². The first kappa shape index (κ1) is 18.6. The van der Waals surface area contributed by atoms with E-state index in [1.165, 1.54) is 20.8 Å². The molecule has 0 amide bonds. The van der Waals surface area contributed by atoms with Crippen molar-refractivity contribution in [2.75, 3.05) is 6.61 Å². The Morgan fingerprint density at radius 1 is 1.04 bits per heavy atom. The van der Waals surface area contributed by atoms with Crippen LogP contribution in [0.4, 0.5) is 0 Å². The van der Waals surface area contributed by atoms with Gasteiger partial charge in [0.15, 0.2) is 30.4 Å². The third kappa shape index (κ3) is 4.43. The largest absolute Gasteiger partial charge is 0.462 e. The predicted octanol–water partition coefficient (Wildman–Crippen LogP) is 0.289. The van der Waals surface area contributed by atoms with E-state index >= 15 is 0 Å². The molecule has 0 N–H and O–H groups in total. The van der Waals surface area contributed by atoms with Crippen LogP contribution in [0.25, 0.3) is 0 Å². The molecule has 0 saturated carbocycles. The van der Waals surface area contributed by atoms with Crippen LogP contribution in [0.15, 0.2) is 0 Å². The van der Waals surface area contributed by atoms with Crippen LogP contribution in [0, 0.1) is 0 Å². The standard InChI is InChI=1S/C15H22O9/c1-7(16)19-6-10(20-8(2)17)11-12(21-9(3)18)13-14(22-11)24-15(4,5)23-13/h10-14H,6H2,1-5H3/t10?,11-,12+,13-,14-/m1/s1. The fraction of sp³-hybridized carbons (Fsp3) is 0.800. The SMILES string of the molecule is CC(=O)OCC(OC(C)=O)[C@H]1O[C@@H]2OC(C)(C)O[C@@H]2[C@H]1OC(C)=O. The highest BCUT2D eigenvalue weighted by Gasteiger charge is 2.59. The first-order valence-electron chi connectivity index (χ1n) is 7.58. The Morgan fingerprint density at radius 3 is 2.25 bits per heavy atom. The highest BCUT2D eigenvalue weighted by Crippen LogP contribution is 2.40. The van der Waals surface area contributed by atoms with Gasteiger partial charge in [0.05, 0.1) is 0 Å². The van der Waals surface area contributed by atoms with E-state index in [4.69, 9.17) is 28.4 Å². The molecule has 2 rings (SSSR count). The van der Waals surface area contributed by atoms with Gasteiger partial charge >= 0.3 is 17.9 Å². The number of carbonyl (C=O) groups is 3. The number of hydrogen-bond donors (Lipinski definition) is 0. The van der Waals surface area contributed by atoms with Crippen LogP contribution < -0.4 is 0 Å². The first-order chi connectivity index (χ1) is 11.1. The van der Waals surface area contributed by atoms with Crippen molar-refractivity contribution in [3.8, 4) is 0 Å². The van der Waals surface area contributed by atoms with Crippen molar-refractivity contribution in [2.45, 2.75) is 71.1 Å². The second-order valence-electron chi connectivity index (χ2n) is 6.09. The average Bonchev–Trinajstić information content (AvgIpc) is 2.87. The van der Waals surface area contributed by atoms with Crippen LogP contribution in [0.2, 0.25) is 0 Å². The summed E-state index contributed by atoms with van der Waals surface area (Å²) in [7, 11) is 0. The van der Waals surface area contributed by atoms with E-state index < -0.39 is 54.4 Å². The smallest absolute Gasteiger partial charge is 0.303 e. The minimum atomic E-state index is -0.961. The molecule has 0 aliphatic carbocycles. The topological polar surface area (TPSA) is 107 Å². The Balaban J connectivity index is 2.19. The molecule has 0 radical (unpaired) electrons. The Kier molecular flexibility index (Phi) is 5.46. The molecule has 136 valence electrons. The van der Waals surface area contributed by atoms with Gasteiger partial charge < -0.3 is 28.4 Å². The van der Waals surface area contributed by atoms with E-state index in [0.29, 0.717) is 0 Å². The Hall–Kier alpha value is -1.71. The second kappa shape index (κ2) is 7.04. The van der Waals surface area contributed by atoms with Gasteiger partial charge in [0.25, 0.3) is 0 Å². The van der Waals surface area contributed by atoms with Gasteiger partial charge in [-0.25, -0.2) is 0 Å². The molecule has 9 nitrogen and oxygen atoms in total. The summed E-state index contributed by atoms with van der Waals surface area (Å²) in [6.07, 6.45) is -4.18. The summed E-state index contributed by atoms with van der Waals surface area (Å²) >= 11 is 0. The van der Waals surface area contributed by atoms with Gasteiger partial charge in [-0.15, -0.1) is 0 Å². The monoisotopic (exact) mass is 346 g/mol. The van der Waals surface area contributed by atoms with Crippen molar-refractivity contribution in [2.24, 2.45) is 0 Å². The summed E-state index contributed by atoms with van der Waals surface area (Å²) in [5.74, 6) is -2.57. The minimum absolute atomic E-state index is 0.236. The second-order valence-corrected chi connectivity index (χ2v) is 6.09. The highest BCUT2D eigenvalue weighted by molar-refractivity contribution is 5.67. The lowest BCUT2D eigenvalue weighted by Gasteiger charge is -2.29. The van der Waals surface area contributed by atoms with Crippen LogP contribution in [-0.4, -0.2) is 61.0 Å². The Labute approximate surface area is 139 Å². The lowest BCUT2D eigenvalue weighted by atomic mass is 10.1. The lowest BCUT2D eigenvalue weighted by Crippen LogP contribution is -2.47. The van der Waals surface area contributed by atoms with E-state index in [2.05, 4.69) is 0 Å². The van der Waals surface area contributed by atoms with Gasteiger partial charge in [-0.1, -0.05) is 0 Å². The summed E-state index contributed by atoms with van der Waals surface area (Å²) in [5.41, 5.74) is 0. The maximum atomic E-state index is 11.4. The van der Waals surface area contributed by atoms with Gasteiger partial charge in [0, 0.05) is 20.8 Å². The maximum Gasteiger partial charge on any atom is 0.303 e. The number of carbonyl (C=O) groups excluding carboxylic acids is 3. The molecule has 1 unspecified atom stereocenters. The Bertz CT molecular complexity index is 515. The molecular weight excluding hydrogens is 324 g/mol. The highest BCUT2D eigenvalue weighted by atomic mass is 16.8. The van der Waals surface area contributed by atoms with Crippen molar-refractivity contribution in [1.29, 1.82) is 0 Å². The van der Waals surface area contributed by atoms with E-state index in [1.54, 1.807) is 13.8 Å². The van der Waals surface area contributed by atoms with Crippen molar-refractivity contribution in [3.05, 3.63) is 0 Å². The molecule has 0 aromatic carbocycles. The molecule has 2 heterocycles. The number of fused-ring (bicyclic) bond motifs is 1. The van der Waals surface area contributed by atoms with Crippen LogP contribution in [-0.2, 0) is 42.8 Å². The Morgan fingerprint density at radius 2 is 1.71 bits per heavy atom.